The number of hydrogen-bond donors (Lipinski definition) is 2. The first-order valence-electron chi connectivity index (χ1n) is 8.32. The fourth-order valence-corrected chi connectivity index (χ4v) is 2.99. The number of H-pyrrole nitrogens is 2. The molecule has 24 heavy (non-hydrogen) atoms. The van der Waals surface area contributed by atoms with Crippen LogP contribution in [0.4, 0.5) is 0 Å². The van der Waals surface area contributed by atoms with E-state index in [0.29, 0.717) is 0 Å². The smallest absolute Gasteiger partial charge is 0.0924 e. The van der Waals surface area contributed by atoms with Crippen LogP contribution < -0.4 is 0 Å². The van der Waals surface area contributed by atoms with E-state index in [1.807, 2.05) is 26.2 Å². The van der Waals surface area contributed by atoms with Crippen molar-refractivity contribution >= 4 is 6.08 Å². The molecule has 0 aliphatic heterocycles. The molecule has 2 N–H and O–H groups in total. The zero-order chi connectivity index (χ0) is 17.1. The number of hydrogen-bond acceptors (Lipinski definition) is 3. The van der Waals surface area contributed by atoms with E-state index in [4.69, 9.17) is 0 Å². The molecule has 0 atom stereocenters. The van der Waals surface area contributed by atoms with Crippen LogP contribution in [-0.4, -0.2) is 25.4 Å². The SMILES string of the molecule is C=Cc1n[nH]c(C)c1-c1cnc(-c2cn[nH]c2C)cc1CCCC. The fraction of sp³-hybridized carbons (Fsp3) is 0.316. The van der Waals surface area contributed by atoms with Gasteiger partial charge in [-0.05, 0) is 44.4 Å². The Kier molecular flexibility index (Phi) is 4.60. The summed E-state index contributed by atoms with van der Waals surface area (Å²) in [5, 5.41) is 14.5. The van der Waals surface area contributed by atoms with Gasteiger partial charge in [-0.3, -0.25) is 15.2 Å². The molecule has 0 aromatic carbocycles. The van der Waals surface area contributed by atoms with Crippen LogP contribution in [0.15, 0.2) is 25.0 Å². The summed E-state index contributed by atoms with van der Waals surface area (Å²) in [5.74, 6) is 0. The van der Waals surface area contributed by atoms with Gasteiger partial charge in [0.25, 0.3) is 0 Å². The highest BCUT2D eigenvalue weighted by Crippen LogP contribution is 2.32. The molecule has 0 radical (unpaired) electrons. The van der Waals surface area contributed by atoms with Gasteiger partial charge in [-0.2, -0.15) is 10.2 Å². The molecule has 0 bridgehead atoms. The molecule has 0 saturated heterocycles. The molecule has 0 amide bonds. The van der Waals surface area contributed by atoms with E-state index in [-0.39, 0.29) is 0 Å². The van der Waals surface area contributed by atoms with Gasteiger partial charge in [0.2, 0.25) is 0 Å². The number of aromatic amines is 2. The third kappa shape index (κ3) is 2.89. The van der Waals surface area contributed by atoms with Gasteiger partial charge in [-0.1, -0.05) is 19.9 Å². The standard InChI is InChI=1S/C19H23N5/c1-5-7-8-14-9-18(15-11-21-22-12(15)3)20-10-16(14)19-13(4)23-24-17(19)6-2/h6,9-11H,2,5,7-8H2,1,3-4H3,(H,21,22)(H,23,24). The average Bonchev–Trinajstić information content (AvgIpc) is 3.18. The van der Waals surface area contributed by atoms with Crippen molar-refractivity contribution in [2.75, 3.05) is 0 Å². The molecule has 0 aliphatic rings. The number of unbranched alkanes of at least 4 members (excludes halogenated alkanes) is 1. The molecule has 0 saturated carbocycles. The van der Waals surface area contributed by atoms with Gasteiger partial charge in [-0.15, -0.1) is 0 Å². The Bertz CT molecular complexity index is 857. The maximum Gasteiger partial charge on any atom is 0.0924 e. The second-order valence-electron chi connectivity index (χ2n) is 6.05. The number of pyridine rings is 1. The van der Waals surface area contributed by atoms with Crippen molar-refractivity contribution in [3.05, 3.63) is 47.7 Å². The van der Waals surface area contributed by atoms with Crippen molar-refractivity contribution in [2.45, 2.75) is 40.0 Å². The van der Waals surface area contributed by atoms with Gasteiger partial charge in [0.05, 0.1) is 17.6 Å². The van der Waals surface area contributed by atoms with Gasteiger partial charge in [0, 0.05) is 34.3 Å². The summed E-state index contributed by atoms with van der Waals surface area (Å²) in [6.07, 6.45) is 8.88. The topological polar surface area (TPSA) is 70.2 Å². The summed E-state index contributed by atoms with van der Waals surface area (Å²) in [4.78, 5) is 4.69. The molecule has 3 heterocycles. The zero-order valence-electron chi connectivity index (χ0n) is 14.5. The molecule has 0 aliphatic carbocycles. The number of nitrogens with one attached hydrogen (secondary N) is 2. The number of aromatic nitrogens is 5. The Morgan fingerprint density at radius 3 is 2.62 bits per heavy atom. The first-order chi connectivity index (χ1) is 11.7. The van der Waals surface area contributed by atoms with Crippen molar-refractivity contribution in [3.8, 4) is 22.4 Å². The van der Waals surface area contributed by atoms with Crippen molar-refractivity contribution in [2.24, 2.45) is 0 Å². The highest BCUT2D eigenvalue weighted by molar-refractivity contribution is 5.78. The van der Waals surface area contributed by atoms with Crippen molar-refractivity contribution in [1.82, 2.24) is 25.4 Å². The fourth-order valence-electron chi connectivity index (χ4n) is 2.99. The van der Waals surface area contributed by atoms with E-state index in [0.717, 1.165) is 58.7 Å². The minimum atomic E-state index is 0.874. The molecule has 0 spiro atoms. The lowest BCUT2D eigenvalue weighted by Gasteiger charge is -2.12. The largest absolute Gasteiger partial charge is 0.282 e. The number of rotatable bonds is 6. The minimum Gasteiger partial charge on any atom is -0.282 e. The highest BCUT2D eigenvalue weighted by atomic mass is 15.1. The van der Waals surface area contributed by atoms with Gasteiger partial charge >= 0.3 is 0 Å². The highest BCUT2D eigenvalue weighted by Gasteiger charge is 2.16. The quantitative estimate of drug-likeness (QED) is 0.704. The van der Waals surface area contributed by atoms with E-state index < -0.39 is 0 Å². The Labute approximate surface area is 142 Å². The van der Waals surface area contributed by atoms with Gasteiger partial charge in [-0.25, -0.2) is 0 Å². The second-order valence-corrected chi connectivity index (χ2v) is 6.05. The van der Waals surface area contributed by atoms with Crippen LogP contribution in [0.3, 0.4) is 0 Å². The molecule has 3 aromatic rings. The van der Waals surface area contributed by atoms with E-state index in [1.54, 1.807) is 6.08 Å². The van der Waals surface area contributed by atoms with Crippen LogP contribution >= 0.6 is 0 Å². The minimum absolute atomic E-state index is 0.874. The Morgan fingerprint density at radius 1 is 1.12 bits per heavy atom. The Hall–Kier alpha value is -2.69. The molecule has 3 rings (SSSR count). The molecule has 3 aromatic heterocycles. The van der Waals surface area contributed by atoms with Gasteiger partial charge in [0.15, 0.2) is 0 Å². The third-order valence-electron chi connectivity index (χ3n) is 4.33. The Morgan fingerprint density at radius 2 is 1.96 bits per heavy atom. The summed E-state index contributed by atoms with van der Waals surface area (Å²) >= 11 is 0. The summed E-state index contributed by atoms with van der Waals surface area (Å²) in [6.45, 7) is 10.1. The molecule has 0 unspecified atom stereocenters. The summed E-state index contributed by atoms with van der Waals surface area (Å²) in [6, 6.07) is 2.18. The van der Waals surface area contributed by atoms with Crippen LogP contribution in [0.5, 0.6) is 0 Å². The number of aryl methyl sites for hydroxylation is 3. The normalized spacial score (nSPS) is 11.0. The zero-order valence-corrected chi connectivity index (χ0v) is 14.5. The van der Waals surface area contributed by atoms with E-state index >= 15 is 0 Å². The second kappa shape index (κ2) is 6.83. The first-order valence-corrected chi connectivity index (χ1v) is 8.32. The van der Waals surface area contributed by atoms with Crippen molar-refractivity contribution in [1.29, 1.82) is 0 Å². The van der Waals surface area contributed by atoms with Crippen LogP contribution in [0.25, 0.3) is 28.5 Å². The number of nitrogens with zero attached hydrogens (tertiary/aromatic N) is 3. The first kappa shape index (κ1) is 16.2. The van der Waals surface area contributed by atoms with E-state index in [1.165, 1.54) is 5.56 Å². The maximum atomic E-state index is 4.69. The Balaban J connectivity index is 2.14. The predicted octanol–water partition coefficient (Wildman–Crippen LogP) is 4.46. The maximum absolute atomic E-state index is 4.69. The van der Waals surface area contributed by atoms with Crippen molar-refractivity contribution in [3.63, 3.8) is 0 Å². The van der Waals surface area contributed by atoms with Crippen LogP contribution in [-0.2, 0) is 6.42 Å². The van der Waals surface area contributed by atoms with Crippen LogP contribution in [0, 0.1) is 13.8 Å². The van der Waals surface area contributed by atoms with Crippen LogP contribution in [0.1, 0.15) is 42.4 Å². The lowest BCUT2D eigenvalue weighted by molar-refractivity contribution is 0.795. The van der Waals surface area contributed by atoms with Crippen molar-refractivity contribution < 1.29 is 0 Å². The molecule has 5 heteroatoms. The van der Waals surface area contributed by atoms with E-state index in [9.17, 15) is 0 Å². The van der Waals surface area contributed by atoms with Crippen LogP contribution in [0.2, 0.25) is 0 Å². The molecular weight excluding hydrogens is 298 g/mol. The molecule has 124 valence electrons. The van der Waals surface area contributed by atoms with Gasteiger partial charge in [0.1, 0.15) is 0 Å². The summed E-state index contributed by atoms with van der Waals surface area (Å²) in [7, 11) is 0. The lowest BCUT2D eigenvalue weighted by Crippen LogP contribution is -1.96. The van der Waals surface area contributed by atoms with E-state index in [2.05, 4.69) is 44.9 Å². The molecule has 5 nitrogen and oxygen atoms in total. The lowest BCUT2D eigenvalue weighted by atomic mass is 9.95. The average molecular weight is 321 g/mol. The molecule has 0 fully saturated rings. The molecular formula is C19H23N5. The van der Waals surface area contributed by atoms with Gasteiger partial charge < -0.3 is 0 Å². The third-order valence-corrected chi connectivity index (χ3v) is 4.33. The summed E-state index contributed by atoms with van der Waals surface area (Å²) in [5.41, 5.74) is 8.46. The predicted molar refractivity (Wildman–Crippen MR) is 97.6 cm³/mol. The monoisotopic (exact) mass is 321 g/mol. The summed E-state index contributed by atoms with van der Waals surface area (Å²) < 4.78 is 0.